The number of rotatable bonds is 13. The molecule has 1 aliphatic heterocycles. The molecular weight excluding hydrogens is 761 g/mol. The highest BCUT2D eigenvalue weighted by Crippen LogP contribution is 2.37. The van der Waals surface area contributed by atoms with Gasteiger partial charge in [0.1, 0.15) is 23.7 Å². The third-order valence-corrected chi connectivity index (χ3v) is 11.4. The van der Waals surface area contributed by atoms with Crippen LogP contribution in [0.25, 0.3) is 55.0 Å². The molecule has 0 unspecified atom stereocenters. The van der Waals surface area contributed by atoms with Crippen molar-refractivity contribution >= 4 is 56.6 Å². The number of carbonyl (C=O) groups excluding carboxylic acids is 4. The van der Waals surface area contributed by atoms with E-state index in [1.807, 2.05) is 57.8 Å². The van der Waals surface area contributed by atoms with Crippen molar-refractivity contribution in [2.75, 3.05) is 27.3 Å². The minimum Gasteiger partial charge on any atom is -0.453 e. The molecule has 1 aliphatic rings. The van der Waals surface area contributed by atoms with Crippen LogP contribution in [0, 0.1) is 11.8 Å². The Labute approximate surface area is 349 Å². The molecule has 3 heterocycles. The van der Waals surface area contributed by atoms with Crippen LogP contribution in [0.15, 0.2) is 72.9 Å². The third-order valence-electron chi connectivity index (χ3n) is 11.4. The lowest BCUT2D eigenvalue weighted by Gasteiger charge is -2.30. The number of aromatic amines is 2. The number of aromatic nitrogens is 4. The Hall–Kier alpha value is -6.44. The van der Waals surface area contributed by atoms with Gasteiger partial charge in [0, 0.05) is 23.9 Å². The number of fused-ring (bicyclic) bond motifs is 6. The topological polar surface area (TPSA) is 175 Å². The first kappa shape index (κ1) is 41.7. The first-order chi connectivity index (χ1) is 28.9. The summed E-state index contributed by atoms with van der Waals surface area (Å²) in [4.78, 5) is 71.9. The Bertz CT molecular complexity index is 2530. The maximum absolute atomic E-state index is 13.8. The number of H-pyrrole nitrogens is 2. The van der Waals surface area contributed by atoms with Crippen LogP contribution < -0.4 is 10.6 Å². The first-order valence-electron chi connectivity index (χ1n) is 20.7. The van der Waals surface area contributed by atoms with Gasteiger partial charge in [-0.3, -0.25) is 9.59 Å². The van der Waals surface area contributed by atoms with Crippen molar-refractivity contribution in [1.29, 1.82) is 0 Å². The van der Waals surface area contributed by atoms with Crippen LogP contribution in [-0.2, 0) is 25.6 Å². The Morgan fingerprint density at radius 2 is 1.47 bits per heavy atom. The maximum atomic E-state index is 13.8. The molecule has 4 amide bonds. The molecule has 0 aliphatic carbocycles. The standard InChI is InChI=1S/C46H54N8O6/c1-8-21-53(43(55)38(26(2)3)51-45(57)59-6)25-37-49-40-32-13-10-9-12-31(32)34-23-30(19-20-33(34)41(40)50-37)28-15-17-29(18-16-28)35-24-47-42(48-35)36-14-11-22-54(36)44(56)39(27(4)5)52-46(58)60-7/h9-10,12-13,15-20,23-24,26-27,36,38-39H,8,11,14,21-22,25H2,1-7H3,(H,47,48)(H,49,50)(H,51,57)(H,52,58)/t36-,38-,39-/m0/s1. The van der Waals surface area contributed by atoms with Crippen LogP contribution in [0.2, 0.25) is 0 Å². The van der Waals surface area contributed by atoms with Crippen LogP contribution in [0.5, 0.6) is 0 Å². The second-order valence-corrected chi connectivity index (χ2v) is 16.1. The third kappa shape index (κ3) is 8.36. The minimum atomic E-state index is -0.735. The molecule has 0 spiro atoms. The molecular formula is C46H54N8O6. The molecule has 60 heavy (non-hydrogen) atoms. The zero-order chi connectivity index (χ0) is 42.7. The fraction of sp³-hybridized carbons (Fsp3) is 0.391. The number of benzene rings is 4. The van der Waals surface area contributed by atoms with Gasteiger partial charge in [-0.05, 0) is 64.6 Å². The van der Waals surface area contributed by atoms with E-state index in [-0.39, 0.29) is 36.2 Å². The summed E-state index contributed by atoms with van der Waals surface area (Å²) in [5.41, 5.74) is 5.66. The zero-order valence-corrected chi connectivity index (χ0v) is 35.3. The molecule has 0 bridgehead atoms. The molecule has 3 atom stereocenters. The van der Waals surface area contributed by atoms with E-state index in [1.54, 1.807) is 4.90 Å². The molecule has 2 aromatic heterocycles. The number of alkyl carbamates (subject to hydrolysis) is 2. The van der Waals surface area contributed by atoms with Crippen molar-refractivity contribution in [2.45, 2.75) is 78.6 Å². The van der Waals surface area contributed by atoms with Crippen molar-refractivity contribution < 1.29 is 28.7 Å². The highest BCUT2D eigenvalue weighted by Gasteiger charge is 2.37. The lowest BCUT2D eigenvalue weighted by Crippen LogP contribution is -2.51. The maximum Gasteiger partial charge on any atom is 0.407 e. The molecule has 14 heteroatoms. The molecule has 6 aromatic rings. The summed E-state index contributed by atoms with van der Waals surface area (Å²) in [6, 6.07) is 21.4. The summed E-state index contributed by atoms with van der Waals surface area (Å²) < 4.78 is 9.58. The van der Waals surface area contributed by atoms with Crippen molar-refractivity contribution in [3.05, 3.63) is 84.6 Å². The van der Waals surface area contributed by atoms with Crippen LogP contribution in [0.4, 0.5) is 9.59 Å². The SMILES string of the molecule is CCCN(Cc1nc2c3ccccc3c3cc(-c4ccc(-c5cnc([C@@H]6CCCN6C(=O)[C@@H](NC(=O)OC)C(C)C)[nH]5)cc4)ccc3c2[nH]1)C(=O)[C@@H](NC(=O)OC)C(C)C. The molecule has 1 saturated heterocycles. The number of methoxy groups -OCH3 is 2. The summed E-state index contributed by atoms with van der Waals surface area (Å²) in [6.07, 6.45) is 2.90. The number of hydrogen-bond donors (Lipinski definition) is 4. The monoisotopic (exact) mass is 814 g/mol. The van der Waals surface area contributed by atoms with Crippen LogP contribution in [0.3, 0.4) is 0 Å². The van der Waals surface area contributed by atoms with Crippen molar-refractivity contribution in [1.82, 2.24) is 40.4 Å². The van der Waals surface area contributed by atoms with Crippen molar-refractivity contribution in [2.24, 2.45) is 11.8 Å². The number of likely N-dealkylation sites (tertiary alicyclic amines) is 1. The van der Waals surface area contributed by atoms with Gasteiger partial charge in [-0.2, -0.15) is 0 Å². The largest absolute Gasteiger partial charge is 0.453 e. The summed E-state index contributed by atoms with van der Waals surface area (Å²) in [6.45, 7) is 11.0. The summed E-state index contributed by atoms with van der Waals surface area (Å²) in [5.74, 6) is 0.794. The zero-order valence-electron chi connectivity index (χ0n) is 35.3. The highest BCUT2D eigenvalue weighted by molar-refractivity contribution is 6.23. The lowest BCUT2D eigenvalue weighted by molar-refractivity contribution is -0.136. The van der Waals surface area contributed by atoms with Gasteiger partial charge in [-0.25, -0.2) is 19.6 Å². The van der Waals surface area contributed by atoms with E-state index in [2.05, 4.69) is 75.2 Å². The normalized spacial score (nSPS) is 15.2. The summed E-state index contributed by atoms with van der Waals surface area (Å²) in [5, 5.41) is 9.60. The fourth-order valence-corrected chi connectivity index (χ4v) is 8.28. The summed E-state index contributed by atoms with van der Waals surface area (Å²) in [7, 11) is 2.58. The van der Waals surface area contributed by atoms with E-state index in [1.165, 1.54) is 14.2 Å². The van der Waals surface area contributed by atoms with Gasteiger partial charge in [0.05, 0.1) is 49.7 Å². The lowest BCUT2D eigenvalue weighted by atomic mass is 9.95. The van der Waals surface area contributed by atoms with Gasteiger partial charge in [0.2, 0.25) is 11.8 Å². The Morgan fingerprint density at radius 3 is 2.13 bits per heavy atom. The highest BCUT2D eigenvalue weighted by atomic mass is 16.5. The molecule has 0 radical (unpaired) electrons. The van der Waals surface area contributed by atoms with Gasteiger partial charge >= 0.3 is 12.2 Å². The molecule has 1 fully saturated rings. The van der Waals surface area contributed by atoms with E-state index < -0.39 is 24.3 Å². The van der Waals surface area contributed by atoms with E-state index in [0.29, 0.717) is 18.9 Å². The Morgan fingerprint density at radius 1 is 0.817 bits per heavy atom. The van der Waals surface area contributed by atoms with Gasteiger partial charge in [-0.1, -0.05) is 95.3 Å². The van der Waals surface area contributed by atoms with E-state index >= 15 is 0 Å². The van der Waals surface area contributed by atoms with Gasteiger partial charge in [-0.15, -0.1) is 0 Å². The number of nitrogens with one attached hydrogen (secondary N) is 4. The molecule has 0 saturated carbocycles. The van der Waals surface area contributed by atoms with Crippen molar-refractivity contribution in [3.8, 4) is 22.4 Å². The van der Waals surface area contributed by atoms with Crippen LogP contribution in [0.1, 0.15) is 71.6 Å². The van der Waals surface area contributed by atoms with Gasteiger partial charge < -0.3 is 39.9 Å². The number of carbonyl (C=O) groups is 4. The Kier molecular flexibility index (Phi) is 12.4. The van der Waals surface area contributed by atoms with Gasteiger partial charge in [0.15, 0.2) is 0 Å². The average Bonchev–Trinajstić information content (AvgIpc) is 4.04. The predicted molar refractivity (Wildman–Crippen MR) is 232 cm³/mol. The number of ether oxygens (including phenoxy) is 2. The van der Waals surface area contributed by atoms with Crippen LogP contribution in [-0.4, -0.2) is 93.1 Å². The second kappa shape index (κ2) is 17.8. The predicted octanol–water partition coefficient (Wildman–Crippen LogP) is 8.09. The fourth-order valence-electron chi connectivity index (χ4n) is 8.28. The number of hydrogen-bond acceptors (Lipinski definition) is 8. The molecule has 4 aromatic carbocycles. The van der Waals surface area contributed by atoms with Crippen LogP contribution >= 0.6 is 0 Å². The number of nitrogens with zero attached hydrogens (tertiary/aromatic N) is 4. The smallest absolute Gasteiger partial charge is 0.407 e. The van der Waals surface area contributed by atoms with E-state index in [9.17, 15) is 19.2 Å². The minimum absolute atomic E-state index is 0.114. The molecule has 314 valence electrons. The summed E-state index contributed by atoms with van der Waals surface area (Å²) >= 11 is 0. The molecule has 7 rings (SSSR count). The van der Waals surface area contributed by atoms with E-state index in [4.69, 9.17) is 19.4 Å². The average molecular weight is 815 g/mol. The molecule has 14 nitrogen and oxygen atoms in total. The Balaban J connectivity index is 1.14. The number of amides is 4. The van der Waals surface area contributed by atoms with Gasteiger partial charge in [0.25, 0.3) is 0 Å². The van der Waals surface area contributed by atoms with Crippen molar-refractivity contribution in [3.63, 3.8) is 0 Å². The number of imidazole rings is 2. The second-order valence-electron chi connectivity index (χ2n) is 16.1. The quantitative estimate of drug-likeness (QED) is 0.0847. The first-order valence-corrected chi connectivity index (χ1v) is 20.7. The van der Waals surface area contributed by atoms with E-state index in [0.717, 1.165) is 80.0 Å². The molecule has 4 N–H and O–H groups in total.